The predicted octanol–water partition coefficient (Wildman–Crippen LogP) is 4.29. The van der Waals surface area contributed by atoms with Gasteiger partial charge in [0.1, 0.15) is 22.7 Å². The van der Waals surface area contributed by atoms with E-state index in [2.05, 4.69) is 17.6 Å². The van der Waals surface area contributed by atoms with Gasteiger partial charge in [-0.05, 0) is 42.3 Å². The van der Waals surface area contributed by atoms with Gasteiger partial charge in [-0.2, -0.15) is 0 Å². The number of amides is 2. The lowest BCUT2D eigenvalue weighted by Crippen LogP contribution is -2.76. The van der Waals surface area contributed by atoms with Crippen molar-refractivity contribution in [2.45, 2.75) is 27.6 Å². The maximum atomic E-state index is 14.8. The largest absolute Gasteiger partial charge is 0.477 e. The summed E-state index contributed by atoms with van der Waals surface area (Å²) in [5.41, 5.74) is -0.563. The molecule has 196 valence electrons. The van der Waals surface area contributed by atoms with Crippen LogP contribution in [0.1, 0.15) is 12.5 Å². The van der Waals surface area contributed by atoms with E-state index in [4.69, 9.17) is 0 Å². The number of carbonyl (C=O) groups excluding carboxylic acids is 2. The Kier molecular flexibility index (Phi) is 6.78. The Hall–Kier alpha value is -3.29. The number of aryl methyl sites for hydroxylation is 1. The first kappa shape index (κ1) is 26.3. The highest BCUT2D eigenvalue weighted by molar-refractivity contribution is 8.00. The summed E-state index contributed by atoms with van der Waals surface area (Å²) < 4.78 is 31.3. The Balaban J connectivity index is 1.77. The third-order valence-electron chi connectivity index (χ3n) is 6.23. The molecule has 2 aliphatic rings. The van der Waals surface area contributed by atoms with Crippen LogP contribution in [-0.2, 0) is 27.0 Å². The summed E-state index contributed by atoms with van der Waals surface area (Å²) in [6.07, 6.45) is 4.76. The summed E-state index contributed by atoms with van der Waals surface area (Å²) in [5.74, 6) is -3.98. The van der Waals surface area contributed by atoms with Crippen LogP contribution in [0.15, 0.2) is 70.5 Å². The minimum Gasteiger partial charge on any atom is -0.477 e. The van der Waals surface area contributed by atoms with Crippen LogP contribution in [0.25, 0.3) is 11.3 Å². The predicted molar refractivity (Wildman–Crippen MR) is 141 cm³/mol. The van der Waals surface area contributed by atoms with Crippen molar-refractivity contribution >= 4 is 54.1 Å². The van der Waals surface area contributed by atoms with Crippen molar-refractivity contribution in [2.75, 3.05) is 5.75 Å². The standard InChI is InChI=1S/C25H20F2N4O4S3/c1-13(32)31(38-21-6-3-14(26)9-18(21)27)25(23(35)30-20(22(33)34)7-8-37-24(25)30)17-10-15(36)4-5-16(17)19-11-29(2)12-28-19/h3-7,9-12,24,36H,8H2,1-2H3,(H,33,34)/t24-,25+/m0/s1. The average molecular weight is 575 g/mol. The zero-order valence-corrected chi connectivity index (χ0v) is 22.5. The number of aromatic nitrogens is 2. The maximum absolute atomic E-state index is 14.8. The number of carbonyl (C=O) groups is 3. The number of carboxylic acids is 1. The minimum atomic E-state index is -1.76. The van der Waals surface area contributed by atoms with Gasteiger partial charge in [0.25, 0.3) is 5.91 Å². The summed E-state index contributed by atoms with van der Waals surface area (Å²) in [5, 5.41) is 8.92. The second-order valence-corrected chi connectivity index (χ2v) is 11.3. The van der Waals surface area contributed by atoms with Crippen LogP contribution in [0, 0.1) is 11.6 Å². The van der Waals surface area contributed by atoms with Crippen molar-refractivity contribution in [2.24, 2.45) is 7.05 Å². The Morgan fingerprint density at radius 3 is 2.66 bits per heavy atom. The Morgan fingerprint density at radius 1 is 1.26 bits per heavy atom. The van der Waals surface area contributed by atoms with Crippen LogP contribution in [-0.4, -0.2) is 52.8 Å². The van der Waals surface area contributed by atoms with Gasteiger partial charge in [0, 0.05) is 48.0 Å². The number of rotatable bonds is 6. The molecule has 38 heavy (non-hydrogen) atoms. The van der Waals surface area contributed by atoms with Gasteiger partial charge < -0.3 is 9.67 Å². The van der Waals surface area contributed by atoms with Crippen molar-refractivity contribution in [1.29, 1.82) is 0 Å². The molecule has 1 aromatic heterocycles. The van der Waals surface area contributed by atoms with E-state index < -0.39 is 40.3 Å². The molecule has 3 aromatic rings. The summed E-state index contributed by atoms with van der Waals surface area (Å²) >= 11 is 6.41. The molecule has 2 aromatic carbocycles. The molecule has 5 rings (SSSR count). The molecule has 3 heterocycles. The lowest BCUT2D eigenvalue weighted by Gasteiger charge is -2.60. The molecule has 1 N–H and O–H groups in total. The lowest BCUT2D eigenvalue weighted by molar-refractivity contribution is -0.166. The third-order valence-corrected chi connectivity index (χ3v) is 8.99. The molecule has 13 heteroatoms. The maximum Gasteiger partial charge on any atom is 0.352 e. The minimum absolute atomic E-state index is 0.0801. The number of hydrogen-bond acceptors (Lipinski definition) is 7. The van der Waals surface area contributed by atoms with E-state index in [0.29, 0.717) is 39.7 Å². The molecule has 0 saturated carbocycles. The van der Waals surface area contributed by atoms with E-state index >= 15 is 0 Å². The van der Waals surface area contributed by atoms with Crippen LogP contribution in [0.4, 0.5) is 8.78 Å². The number of carboxylic acid groups (broad SMARTS) is 1. The summed E-state index contributed by atoms with van der Waals surface area (Å²) in [6.45, 7) is 1.23. The SMILES string of the molecule is CC(=O)N(Sc1ccc(F)cc1F)[C@]1(c2cc(S)ccc2-c2cn(C)cn2)C(=O)N2C(C(=O)O)=CCS[C@H]21. The quantitative estimate of drug-likeness (QED) is 0.258. The molecule has 2 atom stereocenters. The van der Waals surface area contributed by atoms with E-state index in [9.17, 15) is 28.3 Å². The monoisotopic (exact) mass is 574 g/mol. The molecule has 0 unspecified atom stereocenters. The lowest BCUT2D eigenvalue weighted by atomic mass is 9.77. The second kappa shape index (κ2) is 9.79. The van der Waals surface area contributed by atoms with Crippen molar-refractivity contribution in [3.8, 4) is 11.3 Å². The van der Waals surface area contributed by atoms with Gasteiger partial charge in [-0.3, -0.25) is 18.8 Å². The van der Waals surface area contributed by atoms with Gasteiger partial charge in [-0.25, -0.2) is 18.6 Å². The van der Waals surface area contributed by atoms with Gasteiger partial charge in [-0.15, -0.1) is 24.4 Å². The Labute approximate surface area is 230 Å². The second-order valence-electron chi connectivity index (χ2n) is 8.66. The molecule has 0 spiro atoms. The van der Waals surface area contributed by atoms with E-state index in [1.54, 1.807) is 42.3 Å². The zero-order chi connectivity index (χ0) is 27.4. The van der Waals surface area contributed by atoms with Crippen molar-refractivity contribution in [3.63, 3.8) is 0 Å². The third kappa shape index (κ3) is 4.09. The summed E-state index contributed by atoms with van der Waals surface area (Å²) in [4.78, 5) is 45.4. The Morgan fingerprint density at radius 2 is 2.03 bits per heavy atom. The van der Waals surface area contributed by atoms with Gasteiger partial charge in [0.2, 0.25) is 5.91 Å². The normalized spacial score (nSPS) is 20.4. The van der Waals surface area contributed by atoms with Gasteiger partial charge in [-0.1, -0.05) is 6.07 Å². The number of benzene rings is 2. The molecular weight excluding hydrogens is 554 g/mol. The fourth-order valence-corrected chi connectivity index (χ4v) is 7.31. The van der Waals surface area contributed by atoms with Gasteiger partial charge >= 0.3 is 5.97 Å². The number of thioether (sulfide) groups is 1. The number of β-lactam (4-membered cyclic amide) rings is 1. The molecule has 2 amide bonds. The average Bonchev–Trinajstić information content (AvgIpc) is 3.30. The zero-order valence-electron chi connectivity index (χ0n) is 20.0. The van der Waals surface area contributed by atoms with Crippen LogP contribution >= 0.6 is 36.3 Å². The number of hydrogen-bond donors (Lipinski definition) is 2. The van der Waals surface area contributed by atoms with Crippen LogP contribution in [0.5, 0.6) is 0 Å². The Bertz CT molecular complexity index is 1530. The molecule has 0 bridgehead atoms. The summed E-state index contributed by atoms with van der Waals surface area (Å²) in [6, 6.07) is 8.01. The number of nitrogens with zero attached hydrogens (tertiary/aromatic N) is 4. The summed E-state index contributed by atoms with van der Waals surface area (Å²) in [7, 11) is 1.78. The van der Waals surface area contributed by atoms with Crippen LogP contribution in [0.2, 0.25) is 0 Å². The topological polar surface area (TPSA) is 95.7 Å². The van der Waals surface area contributed by atoms with Crippen molar-refractivity contribution < 1.29 is 28.3 Å². The van der Waals surface area contributed by atoms with Gasteiger partial charge in [0.05, 0.1) is 16.9 Å². The molecule has 2 aliphatic heterocycles. The smallest absolute Gasteiger partial charge is 0.352 e. The highest BCUT2D eigenvalue weighted by Crippen LogP contribution is 2.57. The van der Waals surface area contributed by atoms with Crippen molar-refractivity contribution in [3.05, 3.63) is 77.9 Å². The molecule has 0 radical (unpaired) electrons. The molecule has 8 nitrogen and oxygen atoms in total. The molecular formula is C25H20F2N4O4S3. The van der Waals surface area contributed by atoms with Crippen LogP contribution < -0.4 is 0 Å². The fraction of sp³-hybridized carbons (Fsp3) is 0.200. The van der Waals surface area contributed by atoms with E-state index in [-0.39, 0.29) is 16.3 Å². The fourth-order valence-electron chi connectivity index (χ4n) is 4.65. The number of halogens is 2. The first-order valence-electron chi connectivity index (χ1n) is 11.2. The first-order valence-corrected chi connectivity index (χ1v) is 13.5. The highest BCUT2D eigenvalue weighted by atomic mass is 32.2. The number of imidazole rings is 1. The molecule has 1 fully saturated rings. The van der Waals surface area contributed by atoms with Crippen molar-refractivity contribution in [1.82, 2.24) is 18.8 Å². The first-order chi connectivity index (χ1) is 18.0. The number of aliphatic carboxylic acids is 1. The van der Waals surface area contributed by atoms with Crippen LogP contribution in [0.3, 0.4) is 0 Å². The van der Waals surface area contributed by atoms with E-state index in [1.165, 1.54) is 30.8 Å². The molecule has 1 saturated heterocycles. The number of thiol groups is 1. The molecule has 0 aliphatic carbocycles. The van der Waals surface area contributed by atoms with E-state index in [1.807, 2.05) is 0 Å². The van der Waals surface area contributed by atoms with Gasteiger partial charge in [0.15, 0.2) is 5.54 Å². The highest BCUT2D eigenvalue weighted by Gasteiger charge is 2.69. The number of fused-ring (bicyclic) bond motifs is 1. The van der Waals surface area contributed by atoms with E-state index in [0.717, 1.165) is 15.3 Å².